The number of rotatable bonds is 3. The summed E-state index contributed by atoms with van der Waals surface area (Å²) in [5.74, 6) is 0.431. The molecular formula is C18H26ClFO. The minimum atomic E-state index is -0.256. The summed E-state index contributed by atoms with van der Waals surface area (Å²) in [4.78, 5) is 0. The van der Waals surface area contributed by atoms with Gasteiger partial charge in [0.05, 0.1) is 0 Å². The number of benzene rings is 1. The van der Waals surface area contributed by atoms with Crippen LogP contribution in [0.4, 0.5) is 4.39 Å². The van der Waals surface area contributed by atoms with Gasteiger partial charge in [-0.2, -0.15) is 0 Å². The van der Waals surface area contributed by atoms with E-state index in [1.807, 2.05) is 0 Å². The van der Waals surface area contributed by atoms with E-state index < -0.39 is 0 Å². The van der Waals surface area contributed by atoms with Gasteiger partial charge < -0.3 is 5.11 Å². The summed E-state index contributed by atoms with van der Waals surface area (Å²) < 4.78 is 14.0. The molecule has 0 heterocycles. The predicted molar refractivity (Wildman–Crippen MR) is 86.0 cm³/mol. The van der Waals surface area contributed by atoms with Gasteiger partial charge in [-0.25, -0.2) is 4.39 Å². The van der Waals surface area contributed by atoms with Gasteiger partial charge in [-0.05, 0) is 66.5 Å². The highest BCUT2D eigenvalue weighted by Crippen LogP contribution is 2.46. The second kappa shape index (κ2) is 6.26. The molecule has 0 bridgehead atoms. The minimum absolute atomic E-state index is 0.131. The van der Waals surface area contributed by atoms with E-state index in [2.05, 4.69) is 20.8 Å². The molecule has 0 saturated heterocycles. The summed E-state index contributed by atoms with van der Waals surface area (Å²) in [6.45, 7) is 6.97. The summed E-state index contributed by atoms with van der Waals surface area (Å²) in [6, 6.07) is 4.85. The van der Waals surface area contributed by atoms with E-state index in [0.717, 1.165) is 25.7 Å². The fraction of sp³-hybridized carbons (Fsp3) is 0.667. The minimum Gasteiger partial charge on any atom is -0.396 e. The average Bonchev–Trinajstić information content (AvgIpc) is 2.41. The van der Waals surface area contributed by atoms with E-state index in [4.69, 9.17) is 11.6 Å². The Balaban J connectivity index is 2.10. The molecule has 0 unspecified atom stereocenters. The first-order valence-electron chi connectivity index (χ1n) is 7.81. The van der Waals surface area contributed by atoms with Crippen molar-refractivity contribution in [3.05, 3.63) is 34.6 Å². The van der Waals surface area contributed by atoms with Gasteiger partial charge in [0.15, 0.2) is 0 Å². The van der Waals surface area contributed by atoms with Crippen molar-refractivity contribution in [1.29, 1.82) is 0 Å². The van der Waals surface area contributed by atoms with Crippen LogP contribution in [0.5, 0.6) is 0 Å². The Morgan fingerprint density at radius 2 is 1.90 bits per heavy atom. The molecule has 1 saturated carbocycles. The molecular weight excluding hydrogens is 287 g/mol. The maximum Gasteiger partial charge on any atom is 0.127 e. The summed E-state index contributed by atoms with van der Waals surface area (Å²) in [7, 11) is 0. The molecule has 21 heavy (non-hydrogen) atoms. The average molecular weight is 313 g/mol. The second-order valence-electron chi connectivity index (χ2n) is 7.71. The Hall–Kier alpha value is -0.600. The highest BCUT2D eigenvalue weighted by molar-refractivity contribution is 6.30. The van der Waals surface area contributed by atoms with Crippen molar-refractivity contribution in [3.8, 4) is 0 Å². The van der Waals surface area contributed by atoms with E-state index in [0.29, 0.717) is 28.3 Å². The van der Waals surface area contributed by atoms with Crippen LogP contribution in [0, 0.1) is 22.6 Å². The maximum absolute atomic E-state index is 14.0. The molecule has 1 N–H and O–H groups in total. The molecule has 0 amide bonds. The largest absolute Gasteiger partial charge is 0.396 e. The lowest BCUT2D eigenvalue weighted by atomic mass is 9.62. The summed E-state index contributed by atoms with van der Waals surface area (Å²) in [5, 5.41) is 10.3. The van der Waals surface area contributed by atoms with Crippen LogP contribution < -0.4 is 0 Å². The molecule has 0 spiro atoms. The second-order valence-corrected chi connectivity index (χ2v) is 8.15. The van der Waals surface area contributed by atoms with E-state index in [1.54, 1.807) is 12.1 Å². The van der Waals surface area contributed by atoms with Crippen LogP contribution in [-0.2, 0) is 6.42 Å². The molecule has 1 aromatic carbocycles. The van der Waals surface area contributed by atoms with E-state index in [-0.39, 0.29) is 17.8 Å². The molecule has 118 valence electrons. The zero-order valence-electron chi connectivity index (χ0n) is 13.3. The first-order valence-corrected chi connectivity index (χ1v) is 8.18. The maximum atomic E-state index is 14.0. The normalized spacial score (nSPS) is 26.9. The standard InChI is InChI=1S/C18H26ClFO/c1-17(2,3)14-6-8-18(12-21,9-7-14)11-13-4-5-15(19)10-16(13)20/h4-5,10,14,21H,6-9,11-12H2,1-3H3. The molecule has 0 aromatic heterocycles. The number of hydrogen-bond acceptors (Lipinski definition) is 1. The van der Waals surface area contributed by atoms with Gasteiger partial charge in [-0.15, -0.1) is 0 Å². The third-order valence-corrected chi connectivity index (χ3v) is 5.42. The summed E-state index contributed by atoms with van der Waals surface area (Å²) >= 11 is 5.81. The van der Waals surface area contributed by atoms with Crippen LogP contribution in [-0.4, -0.2) is 11.7 Å². The van der Waals surface area contributed by atoms with Crippen LogP contribution >= 0.6 is 11.6 Å². The van der Waals surface area contributed by atoms with Gasteiger partial charge in [-0.1, -0.05) is 38.4 Å². The lowest BCUT2D eigenvalue weighted by Crippen LogP contribution is -2.36. The molecule has 3 heteroatoms. The Morgan fingerprint density at radius 3 is 2.38 bits per heavy atom. The molecule has 1 fully saturated rings. The number of hydrogen-bond donors (Lipinski definition) is 1. The van der Waals surface area contributed by atoms with Gasteiger partial charge >= 0.3 is 0 Å². The van der Waals surface area contributed by atoms with Crippen molar-refractivity contribution in [2.75, 3.05) is 6.61 Å². The van der Waals surface area contributed by atoms with Crippen molar-refractivity contribution >= 4 is 11.6 Å². The molecule has 1 aliphatic carbocycles. The summed E-state index contributed by atoms with van der Waals surface area (Å²) in [6.07, 6.45) is 4.75. The molecule has 1 aromatic rings. The first kappa shape index (κ1) is 16.8. The third-order valence-electron chi connectivity index (χ3n) is 5.19. The van der Waals surface area contributed by atoms with Crippen molar-refractivity contribution in [2.24, 2.45) is 16.7 Å². The number of halogens is 2. The van der Waals surface area contributed by atoms with Gasteiger partial charge in [0, 0.05) is 11.6 Å². The Morgan fingerprint density at radius 1 is 1.29 bits per heavy atom. The first-order chi connectivity index (χ1) is 9.76. The highest BCUT2D eigenvalue weighted by Gasteiger charge is 2.38. The van der Waals surface area contributed by atoms with Crippen LogP contribution in [0.3, 0.4) is 0 Å². The molecule has 1 nitrogen and oxygen atoms in total. The predicted octanol–water partition coefficient (Wildman–Crippen LogP) is 5.24. The molecule has 1 aliphatic rings. The lowest BCUT2D eigenvalue weighted by Gasteiger charge is -2.43. The van der Waals surface area contributed by atoms with Crippen LogP contribution in [0.25, 0.3) is 0 Å². The zero-order chi connectivity index (χ0) is 15.7. The number of aliphatic hydroxyl groups excluding tert-OH is 1. The van der Waals surface area contributed by atoms with Crippen molar-refractivity contribution in [3.63, 3.8) is 0 Å². The highest BCUT2D eigenvalue weighted by atomic mass is 35.5. The van der Waals surface area contributed by atoms with Crippen LogP contribution in [0.2, 0.25) is 5.02 Å². The molecule has 0 aliphatic heterocycles. The van der Waals surface area contributed by atoms with Crippen LogP contribution in [0.1, 0.15) is 52.0 Å². The van der Waals surface area contributed by atoms with Crippen molar-refractivity contribution < 1.29 is 9.50 Å². The summed E-state index contributed by atoms with van der Waals surface area (Å²) in [5.41, 5.74) is 0.812. The SMILES string of the molecule is CC(C)(C)C1CCC(CO)(Cc2ccc(Cl)cc2F)CC1. The Labute approximate surface area is 132 Å². The Bertz CT molecular complexity index is 484. The van der Waals surface area contributed by atoms with Crippen molar-refractivity contribution in [1.82, 2.24) is 0 Å². The zero-order valence-corrected chi connectivity index (χ0v) is 14.0. The topological polar surface area (TPSA) is 20.2 Å². The van der Waals surface area contributed by atoms with Gasteiger partial charge in [0.25, 0.3) is 0 Å². The van der Waals surface area contributed by atoms with Crippen LogP contribution in [0.15, 0.2) is 18.2 Å². The molecule has 0 atom stereocenters. The number of aliphatic hydroxyl groups is 1. The van der Waals surface area contributed by atoms with Gasteiger partial charge in [0.1, 0.15) is 5.82 Å². The quantitative estimate of drug-likeness (QED) is 0.809. The third kappa shape index (κ3) is 3.98. The van der Waals surface area contributed by atoms with Gasteiger partial charge in [-0.3, -0.25) is 0 Å². The van der Waals surface area contributed by atoms with Crippen molar-refractivity contribution in [2.45, 2.75) is 52.9 Å². The molecule has 0 radical (unpaired) electrons. The van der Waals surface area contributed by atoms with E-state index in [1.165, 1.54) is 6.07 Å². The van der Waals surface area contributed by atoms with E-state index in [9.17, 15) is 9.50 Å². The molecule has 2 rings (SSSR count). The van der Waals surface area contributed by atoms with Gasteiger partial charge in [0.2, 0.25) is 0 Å². The van der Waals surface area contributed by atoms with E-state index >= 15 is 0 Å². The fourth-order valence-electron chi connectivity index (χ4n) is 3.56. The Kier molecular flexibility index (Phi) is 4.99. The fourth-order valence-corrected chi connectivity index (χ4v) is 3.71. The smallest absolute Gasteiger partial charge is 0.127 e. The monoisotopic (exact) mass is 312 g/mol. The lowest BCUT2D eigenvalue weighted by molar-refractivity contribution is 0.0363.